The SMILES string of the molecule is C[C@@]12CC[C@@H](O1)[C@H]1CN(CCC(N)=NO)C[C@@H]12. The first-order chi connectivity index (χ1) is 8.12. The normalized spacial score (nSPS) is 45.5. The first-order valence-corrected chi connectivity index (χ1v) is 6.49. The van der Waals surface area contributed by atoms with Gasteiger partial charge in [-0.15, -0.1) is 0 Å². The van der Waals surface area contributed by atoms with Crippen molar-refractivity contribution in [1.82, 2.24) is 4.90 Å². The van der Waals surface area contributed by atoms with Gasteiger partial charge < -0.3 is 20.6 Å². The fourth-order valence-electron chi connectivity index (χ4n) is 3.91. The molecule has 3 heterocycles. The Morgan fingerprint density at radius 2 is 2.41 bits per heavy atom. The molecule has 3 fully saturated rings. The molecular weight excluding hydrogens is 218 g/mol. The Labute approximate surface area is 102 Å². The van der Waals surface area contributed by atoms with Gasteiger partial charge in [-0.25, -0.2) is 0 Å². The highest BCUT2D eigenvalue weighted by atomic mass is 16.5. The van der Waals surface area contributed by atoms with Crippen LogP contribution in [0.5, 0.6) is 0 Å². The van der Waals surface area contributed by atoms with Crippen molar-refractivity contribution in [3.63, 3.8) is 0 Å². The van der Waals surface area contributed by atoms with Gasteiger partial charge in [0.1, 0.15) is 5.84 Å². The lowest BCUT2D eigenvalue weighted by molar-refractivity contribution is -0.00290. The lowest BCUT2D eigenvalue weighted by Gasteiger charge is -2.28. The molecular formula is C12H21N3O2. The quantitative estimate of drug-likeness (QED) is 0.328. The highest BCUT2D eigenvalue weighted by molar-refractivity contribution is 5.79. The molecule has 0 aromatic heterocycles. The predicted molar refractivity (Wildman–Crippen MR) is 64.0 cm³/mol. The van der Waals surface area contributed by atoms with Crippen LogP contribution >= 0.6 is 0 Å². The van der Waals surface area contributed by atoms with Crippen molar-refractivity contribution in [3.8, 4) is 0 Å². The fraction of sp³-hybridized carbons (Fsp3) is 0.917. The molecule has 0 saturated carbocycles. The van der Waals surface area contributed by atoms with E-state index in [9.17, 15) is 0 Å². The van der Waals surface area contributed by atoms with Crippen LogP contribution in [0.15, 0.2) is 5.16 Å². The minimum Gasteiger partial charge on any atom is -0.409 e. The van der Waals surface area contributed by atoms with Crippen LogP contribution in [0.2, 0.25) is 0 Å². The maximum Gasteiger partial charge on any atom is 0.140 e. The van der Waals surface area contributed by atoms with E-state index in [0.717, 1.165) is 19.6 Å². The average Bonchev–Trinajstić information content (AvgIpc) is 2.95. The minimum absolute atomic E-state index is 0.126. The Kier molecular flexibility index (Phi) is 2.56. The Hall–Kier alpha value is -0.810. The van der Waals surface area contributed by atoms with Crippen molar-refractivity contribution >= 4 is 5.84 Å². The van der Waals surface area contributed by atoms with Crippen LogP contribution in [0, 0.1) is 11.8 Å². The Morgan fingerprint density at radius 3 is 3.12 bits per heavy atom. The van der Waals surface area contributed by atoms with E-state index in [1.165, 1.54) is 12.8 Å². The number of amidine groups is 1. The van der Waals surface area contributed by atoms with Crippen LogP contribution in [0.1, 0.15) is 26.2 Å². The maximum atomic E-state index is 8.53. The maximum absolute atomic E-state index is 8.53. The van der Waals surface area contributed by atoms with E-state index >= 15 is 0 Å². The standard InChI is InChI=1S/C12H21N3O2/c1-12-4-2-10(17-12)8-6-15(7-9(8)12)5-3-11(13)14-16/h8-10,16H,2-7H2,1H3,(H2,13,14)/t8-,9-,10+,12-/m0/s1. The number of ether oxygens (including phenoxy) is 1. The topological polar surface area (TPSA) is 71.1 Å². The van der Waals surface area contributed by atoms with Gasteiger partial charge in [0, 0.05) is 37.9 Å². The number of hydrogen-bond donors (Lipinski definition) is 2. The van der Waals surface area contributed by atoms with Crippen LogP contribution in [0.25, 0.3) is 0 Å². The van der Waals surface area contributed by atoms with Gasteiger partial charge in [0.05, 0.1) is 11.7 Å². The molecule has 0 unspecified atom stereocenters. The largest absolute Gasteiger partial charge is 0.409 e. The van der Waals surface area contributed by atoms with E-state index < -0.39 is 0 Å². The third-order valence-corrected chi connectivity index (χ3v) is 4.86. The van der Waals surface area contributed by atoms with Crippen molar-refractivity contribution in [2.45, 2.75) is 37.9 Å². The number of nitrogens with two attached hydrogens (primary N) is 1. The Bertz CT molecular complexity index is 347. The minimum atomic E-state index is 0.126. The molecule has 4 atom stereocenters. The van der Waals surface area contributed by atoms with Crippen LogP contribution in [-0.2, 0) is 4.74 Å². The van der Waals surface area contributed by atoms with E-state index in [4.69, 9.17) is 15.7 Å². The number of fused-ring (bicyclic) bond motifs is 5. The third kappa shape index (κ3) is 1.72. The number of likely N-dealkylation sites (tertiary alicyclic amines) is 1. The summed E-state index contributed by atoms with van der Waals surface area (Å²) in [5.41, 5.74) is 5.63. The second-order valence-corrected chi connectivity index (χ2v) is 5.88. The number of hydrogen-bond acceptors (Lipinski definition) is 4. The second kappa shape index (κ2) is 3.85. The van der Waals surface area contributed by atoms with Crippen molar-refractivity contribution < 1.29 is 9.94 Å². The molecule has 3 aliphatic rings. The summed E-state index contributed by atoms with van der Waals surface area (Å²) in [5.74, 6) is 1.72. The van der Waals surface area contributed by atoms with Gasteiger partial charge in [0.15, 0.2) is 0 Å². The summed E-state index contributed by atoms with van der Waals surface area (Å²) in [6, 6.07) is 0. The van der Waals surface area contributed by atoms with Crippen molar-refractivity contribution in [2.24, 2.45) is 22.7 Å². The Balaban J connectivity index is 1.60. The van der Waals surface area contributed by atoms with E-state index in [1.54, 1.807) is 0 Å². The number of nitrogens with zero attached hydrogens (tertiary/aromatic N) is 2. The summed E-state index contributed by atoms with van der Waals surface area (Å²) in [4.78, 5) is 2.44. The zero-order valence-electron chi connectivity index (χ0n) is 10.3. The second-order valence-electron chi connectivity index (χ2n) is 5.88. The smallest absolute Gasteiger partial charge is 0.140 e. The van der Waals surface area contributed by atoms with Crippen LogP contribution in [0.3, 0.4) is 0 Å². The van der Waals surface area contributed by atoms with Crippen molar-refractivity contribution in [2.75, 3.05) is 19.6 Å². The van der Waals surface area contributed by atoms with E-state index in [2.05, 4.69) is 17.0 Å². The van der Waals surface area contributed by atoms with Crippen LogP contribution in [-0.4, -0.2) is 47.3 Å². The third-order valence-electron chi connectivity index (χ3n) is 4.86. The van der Waals surface area contributed by atoms with E-state index in [-0.39, 0.29) is 5.60 Å². The van der Waals surface area contributed by atoms with Gasteiger partial charge in [-0.2, -0.15) is 0 Å². The van der Waals surface area contributed by atoms with E-state index in [0.29, 0.717) is 30.2 Å². The molecule has 3 saturated heterocycles. The molecule has 0 radical (unpaired) electrons. The molecule has 0 amide bonds. The Morgan fingerprint density at radius 1 is 1.59 bits per heavy atom. The van der Waals surface area contributed by atoms with Gasteiger partial charge >= 0.3 is 0 Å². The van der Waals surface area contributed by atoms with Gasteiger partial charge in [-0.1, -0.05) is 5.16 Å². The zero-order chi connectivity index (χ0) is 12.0. The predicted octanol–water partition coefficient (Wildman–Crippen LogP) is 0.622. The summed E-state index contributed by atoms with van der Waals surface area (Å²) in [7, 11) is 0. The molecule has 17 heavy (non-hydrogen) atoms. The summed E-state index contributed by atoms with van der Waals surface area (Å²) in [6.07, 6.45) is 3.58. The first-order valence-electron chi connectivity index (χ1n) is 6.49. The van der Waals surface area contributed by atoms with Crippen molar-refractivity contribution in [3.05, 3.63) is 0 Å². The molecule has 5 heteroatoms. The molecule has 96 valence electrons. The zero-order valence-corrected chi connectivity index (χ0v) is 10.3. The molecule has 3 rings (SSSR count). The number of oxime groups is 1. The molecule has 3 aliphatic heterocycles. The average molecular weight is 239 g/mol. The molecule has 0 aliphatic carbocycles. The highest BCUT2D eigenvalue weighted by Crippen LogP contribution is 2.53. The summed E-state index contributed by atoms with van der Waals surface area (Å²) < 4.78 is 6.11. The van der Waals surface area contributed by atoms with E-state index in [1.807, 2.05) is 0 Å². The highest BCUT2D eigenvalue weighted by Gasteiger charge is 2.59. The molecule has 0 spiro atoms. The van der Waals surface area contributed by atoms with Gasteiger partial charge in [0.25, 0.3) is 0 Å². The number of rotatable bonds is 3. The van der Waals surface area contributed by atoms with Gasteiger partial charge in [-0.05, 0) is 19.8 Å². The molecule has 0 aromatic carbocycles. The summed E-state index contributed by atoms with van der Waals surface area (Å²) >= 11 is 0. The monoisotopic (exact) mass is 239 g/mol. The van der Waals surface area contributed by atoms with Gasteiger partial charge in [0.2, 0.25) is 0 Å². The fourth-order valence-corrected chi connectivity index (χ4v) is 3.91. The lowest BCUT2D eigenvalue weighted by atomic mass is 9.75. The molecule has 0 aromatic rings. The molecule has 2 bridgehead atoms. The van der Waals surface area contributed by atoms with Gasteiger partial charge in [-0.3, -0.25) is 0 Å². The lowest BCUT2D eigenvalue weighted by Crippen LogP contribution is -2.35. The molecule has 3 N–H and O–H groups in total. The van der Waals surface area contributed by atoms with Crippen LogP contribution in [0.4, 0.5) is 0 Å². The van der Waals surface area contributed by atoms with Crippen LogP contribution < -0.4 is 5.73 Å². The molecule has 5 nitrogen and oxygen atoms in total. The summed E-state index contributed by atoms with van der Waals surface area (Å²) in [5, 5.41) is 11.6. The first kappa shape index (κ1) is 11.3. The summed E-state index contributed by atoms with van der Waals surface area (Å²) in [6.45, 7) is 5.39. The van der Waals surface area contributed by atoms with Crippen molar-refractivity contribution in [1.29, 1.82) is 0 Å².